The van der Waals surface area contributed by atoms with E-state index in [0.29, 0.717) is 18.8 Å². The number of carbonyl (C=O) groups is 3. The fourth-order valence-electron chi connectivity index (χ4n) is 4.40. The van der Waals surface area contributed by atoms with E-state index in [9.17, 15) is 14.4 Å². The molecule has 4 heterocycles. The Hall–Kier alpha value is -2.71. The monoisotopic (exact) mass is 415 g/mol. The number of aromatic nitrogens is 2. The van der Waals surface area contributed by atoms with Crippen LogP contribution in [0.2, 0.25) is 0 Å². The van der Waals surface area contributed by atoms with Gasteiger partial charge in [0.1, 0.15) is 5.60 Å². The molecule has 0 saturated carbocycles. The summed E-state index contributed by atoms with van der Waals surface area (Å²) < 4.78 is 5.45. The van der Waals surface area contributed by atoms with Crippen molar-refractivity contribution in [1.82, 2.24) is 20.2 Å². The molecule has 3 amide bonds. The second-order valence-electron chi connectivity index (χ2n) is 9.64. The molecule has 4 rings (SSSR count). The number of nitrogens with one attached hydrogen (secondary N) is 1. The van der Waals surface area contributed by atoms with Gasteiger partial charge in [-0.3, -0.25) is 14.9 Å². The second-order valence-corrected chi connectivity index (χ2v) is 9.64. The maximum absolute atomic E-state index is 12.2. The fourth-order valence-corrected chi connectivity index (χ4v) is 4.40. The van der Waals surface area contributed by atoms with Crippen molar-refractivity contribution in [2.24, 2.45) is 5.41 Å². The third-order valence-electron chi connectivity index (χ3n) is 6.11. The van der Waals surface area contributed by atoms with E-state index in [1.54, 1.807) is 17.3 Å². The van der Waals surface area contributed by atoms with Crippen molar-refractivity contribution < 1.29 is 19.1 Å². The number of amides is 3. The van der Waals surface area contributed by atoms with Gasteiger partial charge in [-0.15, -0.1) is 0 Å². The van der Waals surface area contributed by atoms with Gasteiger partial charge < -0.3 is 14.5 Å². The maximum atomic E-state index is 12.2. The third kappa shape index (κ3) is 4.24. The van der Waals surface area contributed by atoms with Gasteiger partial charge in [-0.25, -0.2) is 14.8 Å². The number of hydrogen-bond donors (Lipinski definition) is 1. The van der Waals surface area contributed by atoms with Crippen molar-refractivity contribution in [3.05, 3.63) is 18.0 Å². The zero-order valence-electron chi connectivity index (χ0n) is 17.8. The lowest BCUT2D eigenvalue weighted by Gasteiger charge is -2.53. The minimum Gasteiger partial charge on any atom is -0.444 e. The van der Waals surface area contributed by atoms with Crippen LogP contribution in [0.5, 0.6) is 0 Å². The van der Waals surface area contributed by atoms with E-state index in [4.69, 9.17) is 4.74 Å². The first kappa shape index (κ1) is 20.6. The molecule has 1 atom stereocenters. The van der Waals surface area contributed by atoms with Crippen LogP contribution in [-0.4, -0.2) is 64.6 Å². The highest BCUT2D eigenvalue weighted by Gasteiger charge is 2.48. The molecule has 162 valence electrons. The van der Waals surface area contributed by atoms with Crippen LogP contribution in [0.4, 0.5) is 10.7 Å². The van der Waals surface area contributed by atoms with Gasteiger partial charge in [-0.05, 0) is 40.0 Å². The van der Waals surface area contributed by atoms with Crippen LogP contribution in [0.1, 0.15) is 57.9 Å². The van der Waals surface area contributed by atoms with Crippen LogP contribution in [0.3, 0.4) is 0 Å². The maximum Gasteiger partial charge on any atom is 0.410 e. The predicted molar refractivity (Wildman–Crippen MR) is 109 cm³/mol. The number of likely N-dealkylation sites (tertiary alicyclic amines) is 1. The molecule has 9 nitrogen and oxygen atoms in total. The standard InChI is InChI=1S/C21H29N5O4/c1-20(2,3)30-19(29)26-12-21(13-26)6-8-25(9-7-21)18-22-10-14(11-23-18)15-4-5-16(27)24-17(15)28/h10-11,15H,4-9,12-13H2,1-3H3,(H,24,27,28). The summed E-state index contributed by atoms with van der Waals surface area (Å²) in [6.45, 7) is 8.79. The largest absolute Gasteiger partial charge is 0.444 e. The van der Waals surface area contributed by atoms with E-state index in [1.165, 1.54) is 0 Å². The van der Waals surface area contributed by atoms with Crippen LogP contribution in [0, 0.1) is 5.41 Å². The number of hydrogen-bond acceptors (Lipinski definition) is 7. The van der Waals surface area contributed by atoms with Crippen LogP contribution in [-0.2, 0) is 14.3 Å². The minimum atomic E-state index is -0.472. The highest BCUT2D eigenvalue weighted by Crippen LogP contribution is 2.41. The summed E-state index contributed by atoms with van der Waals surface area (Å²) >= 11 is 0. The lowest BCUT2D eigenvalue weighted by molar-refractivity contribution is -0.134. The molecule has 1 aromatic rings. The summed E-state index contributed by atoms with van der Waals surface area (Å²) in [6.07, 6.45) is 5.94. The van der Waals surface area contributed by atoms with E-state index in [2.05, 4.69) is 20.2 Å². The van der Waals surface area contributed by atoms with E-state index < -0.39 is 5.60 Å². The summed E-state index contributed by atoms with van der Waals surface area (Å²) in [5.74, 6) is -0.210. The molecule has 1 unspecified atom stereocenters. The summed E-state index contributed by atoms with van der Waals surface area (Å²) in [5.41, 5.74) is 0.435. The van der Waals surface area contributed by atoms with Crippen LogP contribution >= 0.6 is 0 Å². The van der Waals surface area contributed by atoms with Crippen molar-refractivity contribution in [2.45, 2.75) is 58.0 Å². The van der Waals surface area contributed by atoms with Crippen LogP contribution in [0.25, 0.3) is 0 Å². The minimum absolute atomic E-state index is 0.167. The Morgan fingerprint density at radius 2 is 1.80 bits per heavy atom. The molecule has 3 saturated heterocycles. The highest BCUT2D eigenvalue weighted by atomic mass is 16.6. The summed E-state index contributed by atoms with van der Waals surface area (Å²) in [7, 11) is 0. The molecule has 0 aromatic carbocycles. The van der Waals surface area contributed by atoms with E-state index in [-0.39, 0.29) is 29.2 Å². The Morgan fingerprint density at radius 3 is 2.37 bits per heavy atom. The van der Waals surface area contributed by atoms with Gasteiger partial charge in [-0.2, -0.15) is 0 Å². The molecule has 0 bridgehead atoms. The quantitative estimate of drug-likeness (QED) is 0.735. The lowest BCUT2D eigenvalue weighted by atomic mass is 9.72. The molecular formula is C21H29N5O4. The zero-order chi connectivity index (χ0) is 21.5. The average Bonchev–Trinajstić information content (AvgIpc) is 2.65. The fraction of sp³-hybridized carbons (Fsp3) is 0.667. The van der Waals surface area contributed by atoms with Gasteiger partial charge in [0.25, 0.3) is 0 Å². The summed E-state index contributed by atoms with van der Waals surface area (Å²) in [6, 6.07) is 0. The number of piperidine rings is 2. The van der Waals surface area contributed by atoms with Gasteiger partial charge in [0.05, 0.1) is 5.92 Å². The molecule has 9 heteroatoms. The lowest BCUT2D eigenvalue weighted by Crippen LogP contribution is -2.62. The first-order chi connectivity index (χ1) is 14.1. The first-order valence-electron chi connectivity index (χ1n) is 10.5. The molecule has 1 N–H and O–H groups in total. The molecule has 0 aliphatic carbocycles. The van der Waals surface area contributed by atoms with Crippen molar-refractivity contribution in [2.75, 3.05) is 31.1 Å². The van der Waals surface area contributed by atoms with Crippen molar-refractivity contribution in [3.63, 3.8) is 0 Å². The number of ether oxygens (including phenoxy) is 1. The molecular weight excluding hydrogens is 386 g/mol. The Morgan fingerprint density at radius 1 is 1.17 bits per heavy atom. The Kier molecular flexibility index (Phi) is 5.15. The molecule has 3 fully saturated rings. The number of nitrogens with zero attached hydrogens (tertiary/aromatic N) is 4. The highest BCUT2D eigenvalue weighted by molar-refractivity contribution is 6.00. The van der Waals surface area contributed by atoms with E-state index in [0.717, 1.165) is 44.6 Å². The topological polar surface area (TPSA) is 105 Å². The molecule has 30 heavy (non-hydrogen) atoms. The van der Waals surface area contributed by atoms with Gasteiger partial charge in [-0.1, -0.05) is 0 Å². The molecule has 1 spiro atoms. The van der Waals surface area contributed by atoms with Crippen LogP contribution in [0.15, 0.2) is 12.4 Å². The summed E-state index contributed by atoms with van der Waals surface area (Å²) in [4.78, 5) is 48.4. The second kappa shape index (κ2) is 7.52. The predicted octanol–water partition coefficient (Wildman–Crippen LogP) is 1.83. The van der Waals surface area contributed by atoms with Gasteiger partial charge in [0.2, 0.25) is 17.8 Å². The molecule has 3 aliphatic rings. The first-order valence-corrected chi connectivity index (χ1v) is 10.5. The third-order valence-corrected chi connectivity index (χ3v) is 6.11. The normalized spacial score (nSPS) is 23.8. The smallest absolute Gasteiger partial charge is 0.410 e. The van der Waals surface area contributed by atoms with E-state index >= 15 is 0 Å². The number of carbonyl (C=O) groups excluding carboxylic acids is 3. The van der Waals surface area contributed by atoms with Gasteiger partial charge in [0, 0.05) is 56.0 Å². The van der Waals surface area contributed by atoms with Gasteiger partial charge in [0.15, 0.2) is 0 Å². The van der Waals surface area contributed by atoms with Gasteiger partial charge >= 0.3 is 6.09 Å². The molecule has 0 radical (unpaired) electrons. The number of anilines is 1. The molecule has 3 aliphatic heterocycles. The number of imide groups is 1. The van der Waals surface area contributed by atoms with E-state index in [1.807, 2.05) is 20.8 Å². The zero-order valence-corrected chi connectivity index (χ0v) is 17.8. The Bertz CT molecular complexity index is 832. The summed E-state index contributed by atoms with van der Waals surface area (Å²) in [5, 5.41) is 2.37. The van der Waals surface area contributed by atoms with Crippen molar-refractivity contribution in [3.8, 4) is 0 Å². The van der Waals surface area contributed by atoms with Crippen molar-refractivity contribution in [1.29, 1.82) is 0 Å². The average molecular weight is 415 g/mol. The van der Waals surface area contributed by atoms with Crippen LogP contribution < -0.4 is 10.2 Å². The number of rotatable bonds is 2. The Balaban J connectivity index is 1.29. The van der Waals surface area contributed by atoms with Crippen molar-refractivity contribution >= 4 is 23.9 Å². The molecule has 1 aromatic heterocycles. The Labute approximate surface area is 176 Å². The SMILES string of the molecule is CC(C)(C)OC(=O)N1CC2(CCN(c3ncc(C4CCC(=O)NC4=O)cn3)CC2)C1.